The Morgan fingerprint density at radius 1 is 1.11 bits per heavy atom. The first-order chi connectivity index (χ1) is 17.6. The number of halogens is 4. The number of hydrogen-bond acceptors (Lipinski definition) is 6. The molecule has 1 fully saturated rings. The Morgan fingerprint density at radius 2 is 1.81 bits per heavy atom. The molecule has 1 N–H and O–H groups in total. The minimum atomic E-state index is -4.64. The Bertz CT molecular complexity index is 1140. The highest BCUT2D eigenvalue weighted by Gasteiger charge is 2.48. The summed E-state index contributed by atoms with van der Waals surface area (Å²) in [6, 6.07) is 10.1. The minimum absolute atomic E-state index is 0.120. The van der Waals surface area contributed by atoms with Crippen LogP contribution in [0.4, 0.5) is 28.9 Å². The van der Waals surface area contributed by atoms with E-state index in [1.54, 1.807) is 36.4 Å². The van der Waals surface area contributed by atoms with Crippen molar-refractivity contribution < 1.29 is 36.9 Å². The zero-order valence-electron chi connectivity index (χ0n) is 20.5. The number of carboxylic acid groups (broad SMARTS) is 1. The number of carbonyl (C=O) groups is 1. The Hall–Kier alpha value is -3.50. The second-order valence-corrected chi connectivity index (χ2v) is 9.25. The number of hydrogen-bond donors (Lipinski definition) is 1. The van der Waals surface area contributed by atoms with Crippen molar-refractivity contribution in [3.05, 3.63) is 48.3 Å². The maximum absolute atomic E-state index is 14.4. The Kier molecular flexibility index (Phi) is 7.79. The number of hydrazone groups is 1. The summed E-state index contributed by atoms with van der Waals surface area (Å²) in [7, 11) is 1.53. The third-order valence-electron chi connectivity index (χ3n) is 6.79. The number of methoxy groups -OCH3 is 1. The van der Waals surface area contributed by atoms with Gasteiger partial charge in [0, 0.05) is 31.5 Å². The van der Waals surface area contributed by atoms with Crippen LogP contribution in [0.5, 0.6) is 11.5 Å². The van der Waals surface area contributed by atoms with E-state index in [9.17, 15) is 27.5 Å². The Morgan fingerprint density at radius 3 is 2.46 bits per heavy atom. The summed E-state index contributed by atoms with van der Waals surface area (Å²) in [6.45, 7) is 2.59. The molecule has 0 bridgehead atoms. The number of aliphatic carboxylic acids is 1. The van der Waals surface area contributed by atoms with Crippen molar-refractivity contribution in [2.24, 2.45) is 11.0 Å². The van der Waals surface area contributed by atoms with E-state index in [0.717, 1.165) is 17.9 Å². The summed E-state index contributed by atoms with van der Waals surface area (Å²) in [5.41, 5.74) is -0.154. The van der Waals surface area contributed by atoms with Crippen molar-refractivity contribution in [3.63, 3.8) is 0 Å². The lowest BCUT2D eigenvalue weighted by Gasteiger charge is -2.25. The molecule has 0 aliphatic carbocycles. The first-order valence-electron chi connectivity index (χ1n) is 12.1. The van der Waals surface area contributed by atoms with Gasteiger partial charge in [0.1, 0.15) is 29.1 Å². The molecule has 2 aromatic rings. The van der Waals surface area contributed by atoms with Crippen molar-refractivity contribution in [3.8, 4) is 11.5 Å². The fourth-order valence-electron chi connectivity index (χ4n) is 4.84. The van der Waals surface area contributed by atoms with Crippen LogP contribution in [-0.4, -0.2) is 55.3 Å². The number of anilines is 2. The molecule has 7 nitrogen and oxygen atoms in total. The standard InChI is InChI=1S/C26H29F4N3O4/c1-16-22(15-24(34)35)33(31-25(16)26(28,29)30)17-5-7-19(8-6-17)37-18-4-3-12-32(13-11-18)23-14-20(36-2)9-10-21(23)27/h5-10,14,16,18,22H,3-4,11-13,15H2,1-2H3,(H,34,35)/t16-,18?,22-/m0/s1. The molecule has 0 radical (unpaired) electrons. The van der Waals surface area contributed by atoms with Crippen molar-refractivity contribution >= 4 is 23.1 Å². The second-order valence-electron chi connectivity index (χ2n) is 9.25. The maximum Gasteiger partial charge on any atom is 0.431 e. The van der Waals surface area contributed by atoms with Crippen molar-refractivity contribution in [1.29, 1.82) is 0 Å². The van der Waals surface area contributed by atoms with E-state index in [1.807, 2.05) is 4.90 Å². The van der Waals surface area contributed by atoms with E-state index in [0.29, 0.717) is 42.4 Å². The summed E-state index contributed by atoms with van der Waals surface area (Å²) in [4.78, 5) is 13.3. The fourth-order valence-corrected chi connectivity index (χ4v) is 4.84. The quantitative estimate of drug-likeness (QED) is 0.484. The molecule has 0 saturated carbocycles. The van der Waals surface area contributed by atoms with Crippen molar-refractivity contribution in [1.82, 2.24) is 0 Å². The van der Waals surface area contributed by atoms with E-state index in [1.165, 1.54) is 20.1 Å². The number of benzene rings is 2. The van der Waals surface area contributed by atoms with E-state index in [2.05, 4.69) is 5.10 Å². The average molecular weight is 524 g/mol. The van der Waals surface area contributed by atoms with E-state index < -0.39 is 36.2 Å². The van der Waals surface area contributed by atoms with Crippen LogP contribution in [0.2, 0.25) is 0 Å². The molecule has 3 atom stereocenters. The molecular weight excluding hydrogens is 494 g/mol. The molecule has 0 amide bonds. The predicted octanol–water partition coefficient (Wildman–Crippen LogP) is 5.49. The van der Waals surface area contributed by atoms with Gasteiger partial charge in [-0.2, -0.15) is 18.3 Å². The van der Waals surface area contributed by atoms with Gasteiger partial charge < -0.3 is 19.5 Å². The molecule has 11 heteroatoms. The molecule has 1 unspecified atom stereocenters. The Balaban J connectivity index is 1.43. The molecule has 2 aliphatic heterocycles. The van der Waals surface area contributed by atoms with Gasteiger partial charge in [-0.15, -0.1) is 0 Å². The highest BCUT2D eigenvalue weighted by atomic mass is 19.4. The zero-order valence-corrected chi connectivity index (χ0v) is 20.5. The molecule has 1 saturated heterocycles. The largest absolute Gasteiger partial charge is 0.497 e. The van der Waals surface area contributed by atoms with Crippen LogP contribution in [-0.2, 0) is 4.79 Å². The highest BCUT2D eigenvalue weighted by molar-refractivity contribution is 5.95. The summed E-state index contributed by atoms with van der Waals surface area (Å²) in [5, 5.41) is 14.1. The number of carboxylic acids is 1. The van der Waals surface area contributed by atoms with Crippen molar-refractivity contribution in [2.45, 2.75) is 50.9 Å². The lowest BCUT2D eigenvalue weighted by atomic mass is 9.94. The topological polar surface area (TPSA) is 74.6 Å². The van der Waals surface area contributed by atoms with Gasteiger partial charge in [-0.3, -0.25) is 9.80 Å². The number of alkyl halides is 3. The minimum Gasteiger partial charge on any atom is -0.497 e. The summed E-state index contributed by atoms with van der Waals surface area (Å²) in [5.74, 6) is -1.48. The molecule has 2 heterocycles. The van der Waals surface area contributed by atoms with Crippen LogP contribution in [0, 0.1) is 11.7 Å². The Labute approximate surface area is 212 Å². The molecular formula is C26H29F4N3O4. The van der Waals surface area contributed by atoms with Gasteiger partial charge in [0.2, 0.25) is 0 Å². The predicted molar refractivity (Wildman–Crippen MR) is 131 cm³/mol. The molecule has 37 heavy (non-hydrogen) atoms. The molecule has 0 spiro atoms. The highest BCUT2D eigenvalue weighted by Crippen LogP contribution is 2.37. The number of ether oxygens (including phenoxy) is 2. The molecule has 200 valence electrons. The van der Waals surface area contributed by atoms with E-state index in [-0.39, 0.29) is 11.9 Å². The first-order valence-corrected chi connectivity index (χ1v) is 12.1. The van der Waals surface area contributed by atoms with Gasteiger partial charge in [0.05, 0.1) is 30.9 Å². The van der Waals surface area contributed by atoms with Gasteiger partial charge in [0.15, 0.2) is 0 Å². The molecule has 0 aromatic heterocycles. The smallest absolute Gasteiger partial charge is 0.431 e. The zero-order chi connectivity index (χ0) is 26.7. The van der Waals surface area contributed by atoms with Gasteiger partial charge in [-0.25, -0.2) is 4.39 Å². The van der Waals surface area contributed by atoms with Crippen LogP contribution in [0.3, 0.4) is 0 Å². The molecule has 4 rings (SSSR count). The van der Waals surface area contributed by atoms with E-state index in [4.69, 9.17) is 9.47 Å². The van der Waals surface area contributed by atoms with Gasteiger partial charge in [-0.05, 0) is 49.2 Å². The lowest BCUT2D eigenvalue weighted by Crippen LogP contribution is -2.36. The third kappa shape index (κ3) is 6.08. The number of nitrogens with zero attached hydrogens (tertiary/aromatic N) is 3. The fraction of sp³-hybridized carbons (Fsp3) is 0.462. The summed E-state index contributed by atoms with van der Waals surface area (Å²) in [6.07, 6.45) is -3.04. The monoisotopic (exact) mass is 523 g/mol. The number of rotatable bonds is 7. The van der Waals surface area contributed by atoms with Gasteiger partial charge in [0.25, 0.3) is 0 Å². The van der Waals surface area contributed by atoms with Crippen LogP contribution < -0.4 is 19.4 Å². The normalized spacial score (nSPS) is 22.4. The van der Waals surface area contributed by atoms with E-state index >= 15 is 0 Å². The molecule has 2 aromatic carbocycles. The van der Waals surface area contributed by atoms with Gasteiger partial charge >= 0.3 is 12.1 Å². The van der Waals surface area contributed by atoms with Gasteiger partial charge in [-0.1, -0.05) is 6.92 Å². The SMILES string of the molecule is COc1ccc(F)c(N2CCCC(Oc3ccc(N4N=C(C(F)(F)F)[C@@H](C)[C@@H]4CC(=O)O)cc3)CC2)c1. The molecule has 2 aliphatic rings. The lowest BCUT2D eigenvalue weighted by molar-refractivity contribution is -0.137. The summed E-state index contributed by atoms with van der Waals surface area (Å²) < 4.78 is 66.0. The van der Waals surface area contributed by atoms with Crippen LogP contribution in [0.1, 0.15) is 32.6 Å². The van der Waals surface area contributed by atoms with Crippen LogP contribution in [0.15, 0.2) is 47.6 Å². The van der Waals surface area contributed by atoms with Crippen LogP contribution in [0.25, 0.3) is 0 Å². The maximum atomic E-state index is 14.4. The second kappa shape index (κ2) is 10.9. The van der Waals surface area contributed by atoms with Crippen LogP contribution >= 0.6 is 0 Å². The third-order valence-corrected chi connectivity index (χ3v) is 6.79. The first kappa shape index (κ1) is 26.6. The summed E-state index contributed by atoms with van der Waals surface area (Å²) >= 11 is 0. The van der Waals surface area contributed by atoms with Crippen molar-refractivity contribution in [2.75, 3.05) is 30.1 Å². The average Bonchev–Trinajstić information content (AvgIpc) is 3.01.